The fraction of sp³-hybridized carbons (Fsp3) is 0.267. The number of hydrogen-bond donors (Lipinski definition) is 1. The summed E-state index contributed by atoms with van der Waals surface area (Å²) in [6.45, 7) is 4.02. The SMILES string of the molecule is Cc1ccc2nc(NC(=O)CCc3csc(C)n3)sc2c1. The molecule has 3 aromatic rings. The Bertz CT molecular complexity index is 791. The molecule has 6 heteroatoms. The van der Waals surface area contributed by atoms with Crippen LogP contribution in [0.15, 0.2) is 23.6 Å². The quantitative estimate of drug-likeness (QED) is 0.793. The van der Waals surface area contributed by atoms with Gasteiger partial charge in [-0.15, -0.1) is 11.3 Å². The Kier molecular flexibility index (Phi) is 3.98. The summed E-state index contributed by atoms with van der Waals surface area (Å²) in [4.78, 5) is 20.8. The van der Waals surface area contributed by atoms with E-state index in [1.165, 1.54) is 16.9 Å². The van der Waals surface area contributed by atoms with Crippen LogP contribution in [0.1, 0.15) is 22.7 Å². The first-order chi connectivity index (χ1) is 10.1. The van der Waals surface area contributed by atoms with Crippen molar-refractivity contribution in [2.24, 2.45) is 0 Å². The van der Waals surface area contributed by atoms with E-state index in [-0.39, 0.29) is 5.91 Å². The van der Waals surface area contributed by atoms with Gasteiger partial charge >= 0.3 is 0 Å². The number of carbonyl (C=O) groups is 1. The van der Waals surface area contributed by atoms with Gasteiger partial charge in [-0.05, 0) is 38.0 Å². The summed E-state index contributed by atoms with van der Waals surface area (Å²) >= 11 is 3.12. The van der Waals surface area contributed by atoms with E-state index in [0.29, 0.717) is 18.0 Å². The van der Waals surface area contributed by atoms with E-state index >= 15 is 0 Å². The Morgan fingerprint density at radius 1 is 1.29 bits per heavy atom. The third-order valence-electron chi connectivity index (χ3n) is 3.07. The minimum atomic E-state index is -0.0172. The first-order valence-electron chi connectivity index (χ1n) is 6.68. The van der Waals surface area contributed by atoms with Crippen LogP contribution in [0.4, 0.5) is 5.13 Å². The Balaban J connectivity index is 1.63. The van der Waals surface area contributed by atoms with Gasteiger partial charge < -0.3 is 5.32 Å². The molecule has 0 aliphatic heterocycles. The van der Waals surface area contributed by atoms with Crippen LogP contribution >= 0.6 is 22.7 Å². The number of rotatable bonds is 4. The molecule has 0 bridgehead atoms. The Morgan fingerprint density at radius 2 is 2.14 bits per heavy atom. The Hall–Kier alpha value is -1.79. The number of nitrogens with zero attached hydrogens (tertiary/aromatic N) is 2. The molecule has 0 radical (unpaired) electrons. The molecule has 0 atom stereocenters. The zero-order valence-corrected chi connectivity index (χ0v) is 13.5. The molecule has 1 amide bonds. The third kappa shape index (κ3) is 3.46. The highest BCUT2D eigenvalue weighted by Gasteiger charge is 2.09. The summed E-state index contributed by atoms with van der Waals surface area (Å²) in [5, 5.41) is 6.57. The van der Waals surface area contributed by atoms with Gasteiger partial charge in [0.05, 0.1) is 20.9 Å². The molecule has 0 unspecified atom stereocenters. The van der Waals surface area contributed by atoms with Gasteiger partial charge in [-0.2, -0.15) is 0 Å². The number of benzene rings is 1. The highest BCUT2D eigenvalue weighted by atomic mass is 32.1. The van der Waals surface area contributed by atoms with Gasteiger partial charge in [0, 0.05) is 11.8 Å². The van der Waals surface area contributed by atoms with Crippen LogP contribution < -0.4 is 5.32 Å². The molecular formula is C15H15N3OS2. The summed E-state index contributed by atoms with van der Waals surface area (Å²) in [6.07, 6.45) is 1.10. The van der Waals surface area contributed by atoms with Crippen molar-refractivity contribution >= 4 is 43.9 Å². The molecule has 1 N–H and O–H groups in total. The second-order valence-electron chi connectivity index (χ2n) is 4.90. The lowest BCUT2D eigenvalue weighted by Gasteiger charge is -1.99. The fourth-order valence-electron chi connectivity index (χ4n) is 2.03. The zero-order chi connectivity index (χ0) is 14.8. The van der Waals surface area contributed by atoms with E-state index in [1.807, 2.05) is 31.4 Å². The number of aryl methyl sites for hydroxylation is 3. The molecule has 2 aromatic heterocycles. The van der Waals surface area contributed by atoms with Crippen LogP contribution in [0, 0.1) is 13.8 Å². The van der Waals surface area contributed by atoms with Crippen molar-refractivity contribution in [3.63, 3.8) is 0 Å². The van der Waals surface area contributed by atoms with Crippen molar-refractivity contribution in [3.8, 4) is 0 Å². The summed E-state index contributed by atoms with van der Waals surface area (Å²) in [5.74, 6) is -0.0172. The number of carbonyl (C=O) groups excluding carboxylic acids is 1. The molecule has 0 fully saturated rings. The second kappa shape index (κ2) is 5.91. The average molecular weight is 317 g/mol. The van der Waals surface area contributed by atoms with Crippen molar-refractivity contribution < 1.29 is 4.79 Å². The van der Waals surface area contributed by atoms with E-state index in [0.717, 1.165) is 20.9 Å². The first-order valence-corrected chi connectivity index (χ1v) is 8.38. The minimum Gasteiger partial charge on any atom is -0.302 e. The molecule has 108 valence electrons. The van der Waals surface area contributed by atoms with Gasteiger partial charge in [0.25, 0.3) is 0 Å². The molecule has 2 heterocycles. The lowest BCUT2D eigenvalue weighted by Crippen LogP contribution is -2.12. The van der Waals surface area contributed by atoms with Crippen LogP contribution in [0.2, 0.25) is 0 Å². The standard InChI is InChI=1S/C15H15N3OS2/c1-9-3-5-12-13(7-9)21-15(17-12)18-14(19)6-4-11-8-20-10(2)16-11/h3,5,7-8H,4,6H2,1-2H3,(H,17,18,19). The molecule has 0 spiro atoms. The summed E-state index contributed by atoms with van der Waals surface area (Å²) in [6, 6.07) is 6.09. The lowest BCUT2D eigenvalue weighted by molar-refractivity contribution is -0.116. The van der Waals surface area contributed by atoms with Gasteiger partial charge in [0.1, 0.15) is 0 Å². The summed E-state index contributed by atoms with van der Waals surface area (Å²) < 4.78 is 1.10. The topological polar surface area (TPSA) is 54.9 Å². The average Bonchev–Trinajstić information content (AvgIpc) is 3.01. The molecular weight excluding hydrogens is 302 g/mol. The van der Waals surface area contributed by atoms with Gasteiger partial charge in [-0.3, -0.25) is 4.79 Å². The molecule has 1 aromatic carbocycles. The van der Waals surface area contributed by atoms with Gasteiger partial charge in [0.2, 0.25) is 5.91 Å². The van der Waals surface area contributed by atoms with Crippen molar-refractivity contribution in [2.75, 3.05) is 5.32 Å². The molecule has 4 nitrogen and oxygen atoms in total. The number of amides is 1. The van der Waals surface area contributed by atoms with Gasteiger partial charge in [0.15, 0.2) is 5.13 Å². The van der Waals surface area contributed by atoms with Crippen LogP contribution in [-0.4, -0.2) is 15.9 Å². The minimum absolute atomic E-state index is 0.0172. The monoisotopic (exact) mass is 317 g/mol. The number of hydrogen-bond acceptors (Lipinski definition) is 5. The maximum absolute atomic E-state index is 12.0. The molecule has 0 aliphatic carbocycles. The van der Waals surface area contributed by atoms with Crippen molar-refractivity contribution in [3.05, 3.63) is 39.8 Å². The van der Waals surface area contributed by atoms with Crippen LogP contribution in [-0.2, 0) is 11.2 Å². The van der Waals surface area contributed by atoms with E-state index in [2.05, 4.69) is 21.4 Å². The number of aromatic nitrogens is 2. The predicted molar refractivity (Wildman–Crippen MR) is 88.2 cm³/mol. The molecule has 21 heavy (non-hydrogen) atoms. The van der Waals surface area contributed by atoms with E-state index in [9.17, 15) is 4.79 Å². The Morgan fingerprint density at radius 3 is 2.90 bits per heavy atom. The smallest absolute Gasteiger partial charge is 0.226 e. The van der Waals surface area contributed by atoms with Crippen molar-refractivity contribution in [1.82, 2.24) is 9.97 Å². The second-order valence-corrected chi connectivity index (χ2v) is 6.99. The van der Waals surface area contributed by atoms with E-state index < -0.39 is 0 Å². The summed E-state index contributed by atoms with van der Waals surface area (Å²) in [5.41, 5.74) is 3.10. The summed E-state index contributed by atoms with van der Waals surface area (Å²) in [7, 11) is 0. The first kappa shape index (κ1) is 14.2. The van der Waals surface area contributed by atoms with Crippen LogP contribution in [0.5, 0.6) is 0 Å². The zero-order valence-electron chi connectivity index (χ0n) is 11.8. The Labute approximate surface area is 130 Å². The maximum Gasteiger partial charge on any atom is 0.226 e. The van der Waals surface area contributed by atoms with Gasteiger partial charge in [-0.1, -0.05) is 17.4 Å². The number of thiazole rings is 2. The highest BCUT2D eigenvalue weighted by Crippen LogP contribution is 2.26. The predicted octanol–water partition coefficient (Wildman–Crippen LogP) is 3.94. The van der Waals surface area contributed by atoms with Crippen molar-refractivity contribution in [1.29, 1.82) is 0 Å². The molecule has 0 aliphatic rings. The number of nitrogens with one attached hydrogen (secondary N) is 1. The lowest BCUT2D eigenvalue weighted by atomic mass is 10.2. The fourth-order valence-corrected chi connectivity index (χ4v) is 3.66. The number of fused-ring (bicyclic) bond motifs is 1. The largest absolute Gasteiger partial charge is 0.302 e. The van der Waals surface area contributed by atoms with Gasteiger partial charge in [-0.25, -0.2) is 9.97 Å². The molecule has 3 rings (SSSR count). The highest BCUT2D eigenvalue weighted by molar-refractivity contribution is 7.22. The maximum atomic E-state index is 12.0. The van der Waals surface area contributed by atoms with Crippen LogP contribution in [0.25, 0.3) is 10.2 Å². The number of anilines is 1. The van der Waals surface area contributed by atoms with E-state index in [1.54, 1.807) is 11.3 Å². The van der Waals surface area contributed by atoms with E-state index in [4.69, 9.17) is 0 Å². The molecule has 0 saturated heterocycles. The van der Waals surface area contributed by atoms with Crippen LogP contribution in [0.3, 0.4) is 0 Å². The van der Waals surface area contributed by atoms with Crippen molar-refractivity contribution in [2.45, 2.75) is 26.7 Å². The third-order valence-corrected chi connectivity index (χ3v) is 4.82. The normalized spacial score (nSPS) is 11.0. The molecule has 0 saturated carbocycles.